The summed E-state index contributed by atoms with van der Waals surface area (Å²) in [5.41, 5.74) is 3.79. The molecule has 1 fully saturated rings. The Labute approximate surface area is 220 Å². The van der Waals surface area contributed by atoms with Crippen LogP contribution in [-0.4, -0.2) is 49.8 Å². The minimum Gasteiger partial charge on any atom is -0.505 e. The number of nitrogens with zero attached hydrogens (tertiary/aromatic N) is 4. The smallest absolute Gasteiger partial charge is 0.295 e. The topological polar surface area (TPSA) is 106 Å². The number of pyridine rings is 2. The Hall–Kier alpha value is -4.66. The van der Waals surface area contributed by atoms with E-state index in [2.05, 4.69) is 9.97 Å². The second-order valence-electron chi connectivity index (χ2n) is 9.06. The van der Waals surface area contributed by atoms with E-state index in [1.54, 1.807) is 36.7 Å². The molecule has 1 unspecified atom stereocenters. The normalized spacial score (nSPS) is 16.8. The third kappa shape index (κ3) is 4.15. The highest BCUT2D eigenvalue weighted by Gasteiger charge is 2.46. The first kappa shape index (κ1) is 25.0. The molecule has 1 aliphatic rings. The highest BCUT2D eigenvalue weighted by atomic mass is 16.5. The molecular weight excluding hydrogens is 484 g/mol. The van der Waals surface area contributed by atoms with Gasteiger partial charge in [0.15, 0.2) is 17.3 Å². The van der Waals surface area contributed by atoms with Crippen LogP contribution in [0, 0.1) is 13.8 Å². The fraction of sp³-hybridized carbons (Fsp3) is 0.241. The molecule has 5 rings (SSSR count). The van der Waals surface area contributed by atoms with Crippen molar-refractivity contribution in [3.63, 3.8) is 0 Å². The summed E-state index contributed by atoms with van der Waals surface area (Å²) in [7, 11) is 1.52. The Balaban J connectivity index is 1.71. The largest absolute Gasteiger partial charge is 0.505 e. The molecule has 1 atom stereocenters. The maximum atomic E-state index is 13.5. The zero-order valence-electron chi connectivity index (χ0n) is 21.6. The van der Waals surface area contributed by atoms with Gasteiger partial charge in [0, 0.05) is 25.1 Å². The number of hydrogen-bond donors (Lipinski definition) is 1. The molecular formula is C29H28N4O5. The molecule has 1 N–H and O–H groups in total. The fourth-order valence-corrected chi connectivity index (χ4v) is 4.88. The molecule has 9 nitrogen and oxygen atoms in total. The van der Waals surface area contributed by atoms with Crippen molar-refractivity contribution < 1.29 is 24.2 Å². The molecule has 0 radical (unpaired) electrons. The van der Waals surface area contributed by atoms with E-state index in [0.29, 0.717) is 35.0 Å². The van der Waals surface area contributed by atoms with Crippen molar-refractivity contribution in [2.75, 3.05) is 13.7 Å². The molecule has 0 spiro atoms. The number of aliphatic hydroxyl groups excluding tert-OH is 1. The third-order valence-corrected chi connectivity index (χ3v) is 6.73. The average Bonchev–Trinajstić information content (AvgIpc) is 3.39. The molecule has 0 saturated carbocycles. The number of Topliss-reactive ketones (excluding diaryl/α,β-unsaturated/α-hetero) is 1. The highest BCUT2D eigenvalue weighted by molar-refractivity contribution is 6.46. The maximum absolute atomic E-state index is 13.5. The van der Waals surface area contributed by atoms with Crippen LogP contribution in [0.15, 0.2) is 66.6 Å². The number of methoxy groups -OCH3 is 1. The quantitative estimate of drug-likeness (QED) is 0.223. The molecule has 9 heteroatoms. The van der Waals surface area contributed by atoms with Gasteiger partial charge in [-0.25, -0.2) is 4.98 Å². The van der Waals surface area contributed by atoms with Gasteiger partial charge >= 0.3 is 0 Å². The fourth-order valence-electron chi connectivity index (χ4n) is 4.88. The van der Waals surface area contributed by atoms with Crippen molar-refractivity contribution >= 4 is 23.1 Å². The molecule has 4 aromatic rings. The van der Waals surface area contributed by atoms with Crippen molar-refractivity contribution in [1.82, 2.24) is 19.3 Å². The number of fused-ring (bicyclic) bond motifs is 1. The number of carbonyl (C=O) groups is 2. The molecule has 194 valence electrons. The lowest BCUT2D eigenvalue weighted by molar-refractivity contribution is -0.140. The van der Waals surface area contributed by atoms with Gasteiger partial charge in [-0.1, -0.05) is 18.2 Å². The van der Waals surface area contributed by atoms with Gasteiger partial charge in [0.25, 0.3) is 11.7 Å². The highest BCUT2D eigenvalue weighted by Crippen LogP contribution is 2.43. The number of aromatic nitrogens is 3. The lowest BCUT2D eigenvalue weighted by atomic mass is 9.95. The molecule has 1 aromatic carbocycles. The Morgan fingerprint density at radius 1 is 1.11 bits per heavy atom. The van der Waals surface area contributed by atoms with E-state index in [1.165, 1.54) is 12.0 Å². The number of ketones is 1. The Morgan fingerprint density at radius 3 is 2.61 bits per heavy atom. The summed E-state index contributed by atoms with van der Waals surface area (Å²) in [6.07, 6.45) is 5.13. The second-order valence-corrected chi connectivity index (χ2v) is 9.06. The summed E-state index contributed by atoms with van der Waals surface area (Å²) in [6.45, 7) is 6.18. The molecule has 1 amide bonds. The summed E-state index contributed by atoms with van der Waals surface area (Å²) in [5.74, 6) is -0.829. The Bertz CT molecular complexity index is 1570. The summed E-state index contributed by atoms with van der Waals surface area (Å²) in [4.78, 5) is 37.1. The van der Waals surface area contributed by atoms with Crippen molar-refractivity contribution in [2.24, 2.45) is 0 Å². The van der Waals surface area contributed by atoms with Crippen LogP contribution in [0.4, 0.5) is 0 Å². The van der Waals surface area contributed by atoms with Gasteiger partial charge in [0.2, 0.25) is 0 Å². The van der Waals surface area contributed by atoms with Crippen LogP contribution in [0.25, 0.3) is 11.4 Å². The van der Waals surface area contributed by atoms with Gasteiger partial charge in [-0.3, -0.25) is 14.6 Å². The minimum absolute atomic E-state index is 0.0331. The van der Waals surface area contributed by atoms with Crippen LogP contribution >= 0.6 is 0 Å². The lowest BCUT2D eigenvalue weighted by Crippen LogP contribution is -2.29. The number of carbonyl (C=O) groups excluding carboxylic acids is 2. The van der Waals surface area contributed by atoms with Gasteiger partial charge in [-0.15, -0.1) is 0 Å². The van der Waals surface area contributed by atoms with Gasteiger partial charge in [-0.2, -0.15) is 0 Å². The predicted molar refractivity (Wildman–Crippen MR) is 141 cm³/mol. The minimum atomic E-state index is -0.884. The first-order valence-electron chi connectivity index (χ1n) is 12.3. The van der Waals surface area contributed by atoms with E-state index in [9.17, 15) is 14.7 Å². The van der Waals surface area contributed by atoms with Crippen LogP contribution in [0.2, 0.25) is 0 Å². The number of hydrogen-bond acceptors (Lipinski definition) is 7. The van der Waals surface area contributed by atoms with Crippen LogP contribution < -0.4 is 9.47 Å². The van der Waals surface area contributed by atoms with E-state index in [-0.39, 0.29) is 23.6 Å². The van der Waals surface area contributed by atoms with E-state index in [1.807, 2.05) is 49.6 Å². The van der Waals surface area contributed by atoms with Crippen LogP contribution in [0.5, 0.6) is 11.5 Å². The van der Waals surface area contributed by atoms with E-state index >= 15 is 0 Å². The van der Waals surface area contributed by atoms with Crippen molar-refractivity contribution in [3.05, 3.63) is 94.7 Å². The lowest BCUT2D eigenvalue weighted by Gasteiger charge is -2.26. The standard InChI is InChI=1S/C29H28N4O5/c1-5-38-21-11-10-20(14-22(21)37-4)25-23(27(35)29(36)33(25)16-19-9-6-12-30-15-19)26(34)24-18(3)32-13-7-8-17(2)28(32)31-24/h6-15,25,34H,5,16H2,1-4H3/b26-23+. The van der Waals surface area contributed by atoms with Crippen LogP contribution in [0.3, 0.4) is 0 Å². The SMILES string of the molecule is CCOc1ccc(C2/C(=C(\O)c3nc4c(C)cccn4c3C)C(=O)C(=O)N2Cc2cccnc2)cc1OC. The van der Waals surface area contributed by atoms with Crippen molar-refractivity contribution in [3.8, 4) is 11.5 Å². The number of benzene rings is 1. The maximum Gasteiger partial charge on any atom is 0.295 e. The number of amides is 1. The van der Waals surface area contributed by atoms with E-state index < -0.39 is 17.7 Å². The monoisotopic (exact) mass is 512 g/mol. The Morgan fingerprint density at radius 2 is 1.92 bits per heavy atom. The van der Waals surface area contributed by atoms with Crippen molar-refractivity contribution in [2.45, 2.75) is 33.4 Å². The summed E-state index contributed by atoms with van der Waals surface area (Å²) >= 11 is 0. The predicted octanol–water partition coefficient (Wildman–Crippen LogP) is 4.38. The number of aryl methyl sites for hydroxylation is 2. The van der Waals surface area contributed by atoms with Gasteiger partial charge in [0.1, 0.15) is 11.3 Å². The average molecular weight is 513 g/mol. The number of likely N-dealkylation sites (tertiary alicyclic amines) is 1. The summed E-state index contributed by atoms with van der Waals surface area (Å²) in [5, 5.41) is 11.6. The molecule has 4 heterocycles. The zero-order chi connectivity index (χ0) is 27.0. The molecule has 3 aromatic heterocycles. The third-order valence-electron chi connectivity index (χ3n) is 6.73. The van der Waals surface area contributed by atoms with E-state index in [4.69, 9.17) is 9.47 Å². The molecule has 1 saturated heterocycles. The van der Waals surface area contributed by atoms with Gasteiger partial charge < -0.3 is 23.9 Å². The summed E-state index contributed by atoms with van der Waals surface area (Å²) in [6, 6.07) is 11.8. The molecule has 1 aliphatic heterocycles. The summed E-state index contributed by atoms with van der Waals surface area (Å²) < 4.78 is 13.1. The number of imidazole rings is 1. The van der Waals surface area contributed by atoms with Crippen molar-refractivity contribution in [1.29, 1.82) is 0 Å². The molecule has 38 heavy (non-hydrogen) atoms. The van der Waals surface area contributed by atoms with Gasteiger partial charge in [-0.05, 0) is 61.7 Å². The Kier molecular flexibility index (Phi) is 6.59. The number of ether oxygens (including phenoxy) is 2. The van der Waals surface area contributed by atoms with Crippen LogP contribution in [0.1, 0.15) is 41.0 Å². The molecule has 0 bridgehead atoms. The van der Waals surface area contributed by atoms with Gasteiger partial charge in [0.05, 0.1) is 31.0 Å². The van der Waals surface area contributed by atoms with E-state index in [0.717, 1.165) is 11.1 Å². The first-order chi connectivity index (χ1) is 18.3. The first-order valence-corrected chi connectivity index (χ1v) is 12.3. The zero-order valence-corrected chi connectivity index (χ0v) is 21.6. The second kappa shape index (κ2) is 10.0. The molecule has 0 aliphatic carbocycles. The number of aliphatic hydroxyl groups is 1. The number of rotatable bonds is 7. The van der Waals surface area contributed by atoms with Crippen LogP contribution in [-0.2, 0) is 16.1 Å².